The van der Waals surface area contributed by atoms with Crippen LogP contribution in [0.15, 0.2) is 42.5 Å². The number of carbonyl (C=O) groups is 6. The van der Waals surface area contributed by atoms with E-state index in [0.29, 0.717) is 18.4 Å². The molecule has 14 heteroatoms. The van der Waals surface area contributed by atoms with E-state index in [0.717, 1.165) is 5.56 Å². The number of amides is 1. The van der Waals surface area contributed by atoms with Crippen LogP contribution in [-0.2, 0) is 41.5 Å². The molecule has 0 aromatic heterocycles. The molecule has 3 aromatic carbocycles. The first-order chi connectivity index (χ1) is 27.2. The zero-order valence-corrected chi connectivity index (χ0v) is 31.8. The molecule has 7 rings (SSSR count). The monoisotopic (exact) mass is 783 g/mol. The number of ether oxygens (including phenoxy) is 3. The number of phenolic OH excluding ortho intramolecular Hbond substituents is 2. The van der Waals surface area contributed by atoms with Crippen LogP contribution < -0.4 is 10.1 Å². The first kappa shape index (κ1) is 39.9. The number of hydrogen-bond acceptors (Lipinski definition) is 13. The maximum atomic E-state index is 13.9. The molecule has 0 spiro atoms. The number of Topliss-reactive ketones (excluding diaryl/α,β-unsaturated/α-hetero) is 3. The SMILES string of the molecule is COc1cccc2c1C(=O)c1c(O)c3c(c(O)c1C2=O)C[C@H](C(=O)CO)C[C@@H]3O[C@H]1C[C@H](NC(=O)CCCc2ccc([C@H]3C(=O)C[C@@H](C)C3=O)cc2)[C@H](O)[C@H](C)O1. The largest absolute Gasteiger partial charge is 0.507 e. The van der Waals surface area contributed by atoms with Crippen molar-refractivity contribution in [1.29, 1.82) is 0 Å². The van der Waals surface area contributed by atoms with Gasteiger partial charge >= 0.3 is 0 Å². The van der Waals surface area contributed by atoms with Crippen LogP contribution in [0, 0.1) is 11.8 Å². The van der Waals surface area contributed by atoms with Gasteiger partial charge in [0, 0.05) is 47.8 Å². The lowest BCUT2D eigenvalue weighted by molar-refractivity contribution is -0.245. The highest BCUT2D eigenvalue weighted by Gasteiger charge is 2.46. The molecule has 1 heterocycles. The minimum atomic E-state index is -1.18. The number of aromatic hydroxyl groups is 2. The molecule has 300 valence electrons. The zero-order valence-electron chi connectivity index (χ0n) is 31.8. The summed E-state index contributed by atoms with van der Waals surface area (Å²) in [5.41, 5.74) is 0.657. The Hall–Kier alpha value is -5.28. The number of aliphatic hydroxyl groups excluding tert-OH is 2. The van der Waals surface area contributed by atoms with Gasteiger partial charge in [0.05, 0.1) is 42.0 Å². The van der Waals surface area contributed by atoms with E-state index >= 15 is 0 Å². The third-order valence-corrected chi connectivity index (χ3v) is 11.8. The van der Waals surface area contributed by atoms with Gasteiger partial charge in [-0.1, -0.05) is 43.3 Å². The van der Waals surface area contributed by atoms with Crippen molar-refractivity contribution in [3.05, 3.63) is 87.0 Å². The Balaban J connectivity index is 1.07. The van der Waals surface area contributed by atoms with Gasteiger partial charge in [0.15, 0.2) is 23.6 Å². The number of phenols is 2. The molecule has 5 N–H and O–H groups in total. The second-order valence-electron chi connectivity index (χ2n) is 15.4. The number of rotatable bonds is 11. The molecule has 0 bridgehead atoms. The van der Waals surface area contributed by atoms with E-state index < -0.39 is 89.1 Å². The summed E-state index contributed by atoms with van der Waals surface area (Å²) in [6, 6.07) is 10.9. The van der Waals surface area contributed by atoms with Crippen LogP contribution in [0.2, 0.25) is 0 Å². The molecule has 1 saturated heterocycles. The van der Waals surface area contributed by atoms with E-state index in [-0.39, 0.29) is 83.5 Å². The van der Waals surface area contributed by atoms with Crippen molar-refractivity contribution in [2.45, 2.75) is 95.4 Å². The average molecular weight is 784 g/mol. The third-order valence-electron chi connectivity index (χ3n) is 11.8. The lowest BCUT2D eigenvalue weighted by Gasteiger charge is -2.41. The Morgan fingerprint density at radius 3 is 2.30 bits per heavy atom. The molecule has 2 fully saturated rings. The van der Waals surface area contributed by atoms with Crippen LogP contribution in [0.3, 0.4) is 0 Å². The number of ketones is 5. The van der Waals surface area contributed by atoms with E-state index in [9.17, 15) is 49.2 Å². The molecule has 57 heavy (non-hydrogen) atoms. The first-order valence-electron chi connectivity index (χ1n) is 19.2. The molecule has 0 unspecified atom stereocenters. The van der Waals surface area contributed by atoms with Crippen molar-refractivity contribution in [3.8, 4) is 17.2 Å². The lowest BCUT2D eigenvalue weighted by atomic mass is 9.73. The second-order valence-corrected chi connectivity index (χ2v) is 15.4. The quantitative estimate of drug-likeness (QED) is 0.109. The molecular formula is C43H45NO13. The fourth-order valence-corrected chi connectivity index (χ4v) is 8.76. The fraction of sp³-hybridized carbons (Fsp3) is 0.442. The van der Waals surface area contributed by atoms with Crippen molar-refractivity contribution in [2.75, 3.05) is 13.7 Å². The predicted molar refractivity (Wildman–Crippen MR) is 200 cm³/mol. The van der Waals surface area contributed by atoms with Gasteiger partial charge < -0.3 is 40.0 Å². The van der Waals surface area contributed by atoms with Crippen molar-refractivity contribution in [3.63, 3.8) is 0 Å². The molecule has 3 aliphatic carbocycles. The molecular weight excluding hydrogens is 738 g/mol. The van der Waals surface area contributed by atoms with Gasteiger partial charge in [0.1, 0.15) is 41.7 Å². The highest BCUT2D eigenvalue weighted by Crippen LogP contribution is 2.52. The van der Waals surface area contributed by atoms with Gasteiger partial charge in [0.25, 0.3) is 0 Å². The van der Waals surface area contributed by atoms with Gasteiger partial charge in [0.2, 0.25) is 11.7 Å². The minimum Gasteiger partial charge on any atom is -0.507 e. The van der Waals surface area contributed by atoms with Crippen molar-refractivity contribution in [2.24, 2.45) is 11.8 Å². The van der Waals surface area contributed by atoms with E-state index in [1.54, 1.807) is 26.0 Å². The van der Waals surface area contributed by atoms with Gasteiger partial charge in [-0.05, 0) is 49.8 Å². The number of aryl methyl sites for hydroxylation is 1. The second kappa shape index (κ2) is 15.9. The number of aliphatic hydroxyl groups is 2. The van der Waals surface area contributed by atoms with Crippen LogP contribution in [0.4, 0.5) is 0 Å². The van der Waals surface area contributed by atoms with Crippen LogP contribution in [-0.4, -0.2) is 93.5 Å². The zero-order chi connectivity index (χ0) is 40.9. The summed E-state index contributed by atoms with van der Waals surface area (Å²) in [5.74, 6) is -5.49. The molecule has 3 aromatic rings. The normalized spacial score (nSPS) is 26.8. The third kappa shape index (κ3) is 7.27. The molecule has 8 atom stereocenters. The maximum Gasteiger partial charge on any atom is 0.220 e. The van der Waals surface area contributed by atoms with Gasteiger partial charge in [-0.25, -0.2) is 0 Å². The van der Waals surface area contributed by atoms with Crippen LogP contribution in [0.5, 0.6) is 17.2 Å². The maximum absolute atomic E-state index is 13.9. The Kier molecular flexibility index (Phi) is 11.2. The van der Waals surface area contributed by atoms with Crippen molar-refractivity contribution >= 4 is 34.8 Å². The summed E-state index contributed by atoms with van der Waals surface area (Å²) in [4.78, 5) is 78.5. The Bertz CT molecular complexity index is 2160. The van der Waals surface area contributed by atoms with E-state index in [1.165, 1.54) is 25.3 Å². The predicted octanol–water partition coefficient (Wildman–Crippen LogP) is 3.33. The number of hydrogen-bond donors (Lipinski definition) is 5. The van der Waals surface area contributed by atoms with Crippen LogP contribution in [0.25, 0.3) is 0 Å². The Morgan fingerprint density at radius 1 is 0.912 bits per heavy atom. The van der Waals surface area contributed by atoms with Crippen molar-refractivity contribution < 1.29 is 63.4 Å². The molecule has 1 aliphatic heterocycles. The summed E-state index contributed by atoms with van der Waals surface area (Å²) < 4.78 is 17.7. The summed E-state index contributed by atoms with van der Waals surface area (Å²) >= 11 is 0. The molecule has 14 nitrogen and oxygen atoms in total. The first-order valence-corrected chi connectivity index (χ1v) is 19.2. The number of carbonyl (C=O) groups excluding carboxylic acids is 6. The number of fused-ring (bicyclic) bond motifs is 3. The summed E-state index contributed by atoms with van der Waals surface area (Å²) in [6.07, 6.45) is -3.11. The highest BCUT2D eigenvalue weighted by molar-refractivity contribution is 6.31. The standard InChI is InChI=1S/C43H45NO13/c1-19-14-27(46)33(38(19)49)22-12-10-21(11-13-22)6-4-9-31(48)44-26-17-32(56-20(2)39(26)50)57-30-16-23(28(47)18-45)15-25-35(30)43(54)37-36(41(25)52)40(51)24-7-5-8-29(55-3)34(24)42(37)53/h5,7-8,10-13,19-20,23,26,30,32-33,39,45,50,52,54H,4,6,9,14-18H2,1-3H3,(H,44,48)/t19-,20+,23+,26+,30+,32+,33+,39-/m1/s1. The van der Waals surface area contributed by atoms with Crippen molar-refractivity contribution in [1.82, 2.24) is 5.32 Å². The number of methoxy groups -OCH3 is 1. The van der Waals surface area contributed by atoms with E-state index in [4.69, 9.17) is 14.2 Å². The smallest absolute Gasteiger partial charge is 0.220 e. The van der Waals surface area contributed by atoms with Gasteiger partial charge in [-0.2, -0.15) is 0 Å². The van der Waals surface area contributed by atoms with Crippen LogP contribution in [0.1, 0.15) is 112 Å². The van der Waals surface area contributed by atoms with Crippen LogP contribution >= 0.6 is 0 Å². The summed E-state index contributed by atoms with van der Waals surface area (Å²) in [5, 5.41) is 47.0. The molecule has 4 aliphatic rings. The van der Waals surface area contributed by atoms with Gasteiger partial charge in [-0.3, -0.25) is 28.8 Å². The fourth-order valence-electron chi connectivity index (χ4n) is 8.76. The highest BCUT2D eigenvalue weighted by atomic mass is 16.7. The number of benzene rings is 3. The summed E-state index contributed by atoms with van der Waals surface area (Å²) in [7, 11) is 1.33. The van der Waals surface area contributed by atoms with E-state index in [2.05, 4.69) is 5.32 Å². The summed E-state index contributed by atoms with van der Waals surface area (Å²) in [6.45, 7) is 2.55. The molecule has 1 amide bonds. The number of nitrogens with one attached hydrogen (secondary N) is 1. The Morgan fingerprint density at radius 2 is 1.63 bits per heavy atom. The molecule has 1 saturated carbocycles. The lowest BCUT2D eigenvalue weighted by Crippen LogP contribution is -2.55. The molecule has 0 radical (unpaired) electrons. The topological polar surface area (TPSA) is 223 Å². The Labute approximate surface area is 328 Å². The minimum absolute atomic E-state index is 0.0141. The van der Waals surface area contributed by atoms with E-state index in [1.807, 2.05) is 12.1 Å². The van der Waals surface area contributed by atoms with Gasteiger partial charge in [-0.15, -0.1) is 0 Å². The average Bonchev–Trinajstić information content (AvgIpc) is 3.45.